The van der Waals surface area contributed by atoms with Gasteiger partial charge in [-0.25, -0.2) is 9.59 Å². The van der Waals surface area contributed by atoms with Crippen molar-refractivity contribution in [1.82, 2.24) is 9.78 Å². The standard InChI is InChI=1S/C14H22N2O4/c1-9-10(11(17)19-13(2,3)4)8-16(15-9)12(18)20-14(5,6)7/h8H,1-7H3. The molecule has 0 radical (unpaired) electrons. The van der Waals surface area contributed by atoms with Gasteiger partial charge in [0.05, 0.1) is 11.9 Å². The van der Waals surface area contributed by atoms with E-state index in [1.165, 1.54) is 6.20 Å². The molecular formula is C14H22N2O4. The zero-order chi connectivity index (χ0) is 15.7. The van der Waals surface area contributed by atoms with Crippen molar-refractivity contribution in [2.24, 2.45) is 0 Å². The van der Waals surface area contributed by atoms with E-state index in [0.717, 1.165) is 4.68 Å². The number of hydrogen-bond acceptors (Lipinski definition) is 5. The molecule has 0 bridgehead atoms. The molecule has 1 rings (SSSR count). The summed E-state index contributed by atoms with van der Waals surface area (Å²) in [6.45, 7) is 12.2. The Balaban J connectivity index is 2.93. The lowest BCUT2D eigenvalue weighted by Gasteiger charge is -2.19. The van der Waals surface area contributed by atoms with Crippen LogP contribution in [-0.4, -0.2) is 33.0 Å². The van der Waals surface area contributed by atoms with Gasteiger partial charge in [-0.2, -0.15) is 9.78 Å². The molecule has 112 valence electrons. The number of esters is 1. The molecule has 0 saturated carbocycles. The van der Waals surface area contributed by atoms with Gasteiger partial charge < -0.3 is 9.47 Å². The van der Waals surface area contributed by atoms with Crippen LogP contribution in [0.1, 0.15) is 57.6 Å². The Labute approximate surface area is 119 Å². The highest BCUT2D eigenvalue weighted by Gasteiger charge is 2.24. The molecule has 0 aliphatic carbocycles. The van der Waals surface area contributed by atoms with Crippen molar-refractivity contribution in [1.29, 1.82) is 0 Å². The minimum absolute atomic E-state index is 0.255. The van der Waals surface area contributed by atoms with Gasteiger partial charge in [-0.15, -0.1) is 0 Å². The summed E-state index contributed by atoms with van der Waals surface area (Å²) in [5.41, 5.74) is -0.545. The fourth-order valence-electron chi connectivity index (χ4n) is 1.40. The summed E-state index contributed by atoms with van der Waals surface area (Å²) in [6, 6.07) is 0. The van der Waals surface area contributed by atoms with Crippen LogP contribution in [0.3, 0.4) is 0 Å². The number of hydrogen-bond donors (Lipinski definition) is 0. The van der Waals surface area contributed by atoms with Crippen LogP contribution in [0.2, 0.25) is 0 Å². The maximum atomic E-state index is 12.0. The van der Waals surface area contributed by atoms with Crippen molar-refractivity contribution in [3.8, 4) is 0 Å². The second-order valence-corrected chi connectivity index (χ2v) is 6.55. The SMILES string of the molecule is Cc1nn(C(=O)OC(C)(C)C)cc1C(=O)OC(C)(C)C. The van der Waals surface area contributed by atoms with Crippen LogP contribution in [0.4, 0.5) is 4.79 Å². The summed E-state index contributed by atoms with van der Waals surface area (Å²) < 4.78 is 11.5. The van der Waals surface area contributed by atoms with Gasteiger partial charge in [0.2, 0.25) is 0 Å². The van der Waals surface area contributed by atoms with Crippen molar-refractivity contribution in [3.63, 3.8) is 0 Å². The molecule has 0 saturated heterocycles. The molecule has 0 N–H and O–H groups in total. The summed E-state index contributed by atoms with van der Waals surface area (Å²) in [4.78, 5) is 23.8. The van der Waals surface area contributed by atoms with Gasteiger partial charge in [0.1, 0.15) is 16.8 Å². The molecule has 0 fully saturated rings. The van der Waals surface area contributed by atoms with E-state index in [1.807, 2.05) is 0 Å². The van der Waals surface area contributed by atoms with Crippen molar-refractivity contribution in [3.05, 3.63) is 17.5 Å². The molecule has 1 aromatic heterocycles. The molecule has 0 spiro atoms. The van der Waals surface area contributed by atoms with E-state index >= 15 is 0 Å². The Morgan fingerprint density at radius 1 is 1.05 bits per heavy atom. The highest BCUT2D eigenvalue weighted by atomic mass is 16.6. The van der Waals surface area contributed by atoms with Crippen molar-refractivity contribution >= 4 is 12.1 Å². The van der Waals surface area contributed by atoms with Gasteiger partial charge in [0.15, 0.2) is 0 Å². The summed E-state index contributed by atoms with van der Waals surface area (Å²) in [5, 5.41) is 3.99. The van der Waals surface area contributed by atoms with Crippen LogP contribution in [-0.2, 0) is 9.47 Å². The second kappa shape index (κ2) is 5.26. The molecule has 0 aliphatic rings. The van der Waals surface area contributed by atoms with Gasteiger partial charge in [0, 0.05) is 0 Å². The number of rotatable bonds is 1. The van der Waals surface area contributed by atoms with Crippen LogP contribution in [0.5, 0.6) is 0 Å². The van der Waals surface area contributed by atoms with Crippen LogP contribution in [0.25, 0.3) is 0 Å². The second-order valence-electron chi connectivity index (χ2n) is 6.55. The highest BCUT2D eigenvalue weighted by molar-refractivity contribution is 5.91. The Morgan fingerprint density at radius 2 is 1.55 bits per heavy atom. The van der Waals surface area contributed by atoms with E-state index in [0.29, 0.717) is 5.69 Å². The first-order valence-electron chi connectivity index (χ1n) is 6.42. The van der Waals surface area contributed by atoms with Crippen molar-refractivity contribution < 1.29 is 19.1 Å². The first-order valence-corrected chi connectivity index (χ1v) is 6.42. The quantitative estimate of drug-likeness (QED) is 0.741. The summed E-state index contributed by atoms with van der Waals surface area (Å²) >= 11 is 0. The van der Waals surface area contributed by atoms with E-state index in [9.17, 15) is 9.59 Å². The topological polar surface area (TPSA) is 70.4 Å². The Hall–Kier alpha value is -1.85. The molecule has 20 heavy (non-hydrogen) atoms. The Kier molecular flexibility index (Phi) is 4.27. The normalized spacial score (nSPS) is 12.2. The van der Waals surface area contributed by atoms with Crippen molar-refractivity contribution in [2.45, 2.75) is 59.7 Å². The maximum Gasteiger partial charge on any atom is 0.435 e. The third-order valence-corrected chi connectivity index (χ3v) is 2.10. The lowest BCUT2D eigenvalue weighted by molar-refractivity contribution is 0.00688. The number of carbonyl (C=O) groups excluding carboxylic acids is 2. The smallest absolute Gasteiger partial charge is 0.435 e. The first-order chi connectivity index (χ1) is 8.89. The zero-order valence-electron chi connectivity index (χ0n) is 13.1. The van der Waals surface area contributed by atoms with Crippen LogP contribution >= 0.6 is 0 Å². The lowest BCUT2D eigenvalue weighted by Crippen LogP contribution is -2.27. The third-order valence-electron chi connectivity index (χ3n) is 2.10. The molecule has 1 aromatic rings. The average molecular weight is 282 g/mol. The molecule has 1 heterocycles. The molecule has 6 heteroatoms. The van der Waals surface area contributed by atoms with Gasteiger partial charge in [0.25, 0.3) is 0 Å². The molecule has 0 amide bonds. The van der Waals surface area contributed by atoms with E-state index in [2.05, 4.69) is 5.10 Å². The van der Waals surface area contributed by atoms with E-state index < -0.39 is 23.3 Å². The van der Waals surface area contributed by atoms with Crippen LogP contribution in [0, 0.1) is 6.92 Å². The Bertz CT molecular complexity index is 518. The van der Waals surface area contributed by atoms with Gasteiger partial charge >= 0.3 is 12.1 Å². The molecule has 6 nitrogen and oxygen atoms in total. The summed E-state index contributed by atoms with van der Waals surface area (Å²) in [5.74, 6) is -0.509. The molecule has 0 aromatic carbocycles. The molecule has 0 aliphatic heterocycles. The van der Waals surface area contributed by atoms with Crippen molar-refractivity contribution in [2.75, 3.05) is 0 Å². The third kappa shape index (κ3) is 4.68. The summed E-state index contributed by atoms with van der Waals surface area (Å²) in [7, 11) is 0. The van der Waals surface area contributed by atoms with Crippen LogP contribution < -0.4 is 0 Å². The predicted molar refractivity (Wildman–Crippen MR) is 73.8 cm³/mol. The molecule has 0 unspecified atom stereocenters. The highest BCUT2D eigenvalue weighted by Crippen LogP contribution is 2.15. The fourth-order valence-corrected chi connectivity index (χ4v) is 1.40. The molecular weight excluding hydrogens is 260 g/mol. The zero-order valence-corrected chi connectivity index (χ0v) is 13.1. The van der Waals surface area contributed by atoms with E-state index in [1.54, 1.807) is 48.5 Å². The van der Waals surface area contributed by atoms with E-state index in [4.69, 9.17) is 9.47 Å². The number of aromatic nitrogens is 2. The number of carbonyl (C=O) groups is 2. The van der Waals surface area contributed by atoms with Gasteiger partial charge in [-0.1, -0.05) is 0 Å². The summed E-state index contributed by atoms with van der Waals surface area (Å²) in [6.07, 6.45) is 0.702. The lowest BCUT2D eigenvalue weighted by atomic mass is 10.2. The monoisotopic (exact) mass is 282 g/mol. The maximum absolute atomic E-state index is 12.0. The first kappa shape index (κ1) is 16.2. The number of ether oxygens (including phenoxy) is 2. The minimum atomic E-state index is -0.629. The average Bonchev–Trinajstić information content (AvgIpc) is 2.55. The predicted octanol–water partition coefficient (Wildman–Crippen LogP) is 2.93. The van der Waals surface area contributed by atoms with Gasteiger partial charge in [-0.05, 0) is 48.5 Å². The largest absolute Gasteiger partial charge is 0.456 e. The van der Waals surface area contributed by atoms with E-state index in [-0.39, 0.29) is 5.56 Å². The number of aryl methyl sites for hydroxylation is 1. The minimum Gasteiger partial charge on any atom is -0.456 e. The number of nitrogens with zero attached hydrogens (tertiary/aromatic N) is 2. The van der Waals surface area contributed by atoms with Crippen LogP contribution in [0.15, 0.2) is 6.20 Å². The molecule has 0 atom stereocenters. The Morgan fingerprint density at radius 3 is 2.00 bits per heavy atom. The van der Waals surface area contributed by atoms with Gasteiger partial charge in [-0.3, -0.25) is 0 Å². The fraction of sp³-hybridized carbons (Fsp3) is 0.643.